The lowest BCUT2D eigenvalue weighted by molar-refractivity contribution is -0.233. The van der Waals surface area contributed by atoms with Crippen molar-refractivity contribution in [2.24, 2.45) is 0 Å². The maximum atomic E-state index is 9.27. The van der Waals surface area contributed by atoms with Gasteiger partial charge in [-0.05, 0) is 0 Å². The highest BCUT2D eigenvalue weighted by Gasteiger charge is 2.42. The van der Waals surface area contributed by atoms with E-state index in [-0.39, 0.29) is 0 Å². The van der Waals surface area contributed by atoms with Crippen LogP contribution in [-0.2, 0) is 4.74 Å². The maximum absolute atomic E-state index is 9.27. The number of rotatable bonds is 1. The smallest absolute Gasteiger partial charge is 0.170 e. The Hall–Kier alpha value is 0.280. The molecule has 1 saturated heterocycles. The van der Waals surface area contributed by atoms with Crippen molar-refractivity contribution < 1.29 is 25.2 Å². The van der Waals surface area contributed by atoms with Gasteiger partial charge in [-0.25, -0.2) is 0 Å². The van der Waals surface area contributed by atoms with Gasteiger partial charge in [-0.3, -0.25) is 0 Å². The first-order valence-corrected chi connectivity index (χ1v) is 4.44. The zero-order valence-corrected chi connectivity index (χ0v) is 7.75. The van der Waals surface area contributed by atoms with Gasteiger partial charge in [0.25, 0.3) is 0 Å². The number of alkyl halides is 1. The van der Waals surface area contributed by atoms with Gasteiger partial charge in [0.2, 0.25) is 0 Å². The number of hydrogen-bond acceptors (Lipinski definition) is 5. The summed E-state index contributed by atoms with van der Waals surface area (Å²) in [4.78, 5) is -0.727. The first kappa shape index (κ1) is 10.4. The van der Waals surface area contributed by atoms with Crippen LogP contribution in [0.25, 0.3) is 0 Å². The van der Waals surface area contributed by atoms with Crippen LogP contribution in [0, 0.1) is 0 Å². The molecule has 0 radical (unpaired) electrons. The van der Waals surface area contributed by atoms with Crippen LogP contribution in [0.3, 0.4) is 0 Å². The highest BCUT2D eigenvalue weighted by molar-refractivity contribution is 9.09. The fourth-order valence-corrected chi connectivity index (χ4v) is 1.50. The largest absolute Gasteiger partial charge is 0.394 e. The molecule has 4 N–H and O–H groups in total. The minimum Gasteiger partial charge on any atom is -0.394 e. The third-order valence-corrected chi connectivity index (χ3v) is 2.82. The van der Waals surface area contributed by atoms with E-state index in [1.165, 1.54) is 0 Å². The van der Waals surface area contributed by atoms with Crippen molar-refractivity contribution in [3.8, 4) is 0 Å². The summed E-state index contributed by atoms with van der Waals surface area (Å²) >= 11 is 2.95. The molecule has 0 spiro atoms. The number of aliphatic hydroxyl groups is 4. The molecule has 0 saturated carbocycles. The Kier molecular flexibility index (Phi) is 3.45. The molecule has 2 unspecified atom stereocenters. The van der Waals surface area contributed by atoms with E-state index in [1.807, 2.05) is 0 Å². The molecule has 72 valence electrons. The summed E-state index contributed by atoms with van der Waals surface area (Å²) in [6.07, 6.45) is -4.45. The fourth-order valence-electron chi connectivity index (χ4n) is 1.06. The van der Waals surface area contributed by atoms with Crippen LogP contribution < -0.4 is 0 Å². The Balaban J connectivity index is 2.63. The molecule has 12 heavy (non-hydrogen) atoms. The molecular formula is C6H11BrO5. The summed E-state index contributed by atoms with van der Waals surface area (Å²) in [7, 11) is 0. The van der Waals surface area contributed by atoms with Crippen LogP contribution in [0.15, 0.2) is 0 Å². The van der Waals surface area contributed by atoms with E-state index in [1.54, 1.807) is 0 Å². The summed E-state index contributed by atoms with van der Waals surface area (Å²) in [6, 6.07) is 0. The Morgan fingerprint density at radius 3 is 2.25 bits per heavy atom. The van der Waals surface area contributed by atoms with Crippen molar-refractivity contribution in [1.82, 2.24) is 0 Å². The SMILES string of the molecule is OCC1O[C@@H](O)[C@@H](Br)C(O)[C@@H]1O. The minimum absolute atomic E-state index is 0.436. The number of hydrogen-bond donors (Lipinski definition) is 4. The fraction of sp³-hybridized carbons (Fsp3) is 1.00. The quantitative estimate of drug-likeness (QED) is 0.407. The summed E-state index contributed by atoms with van der Waals surface area (Å²) in [5.41, 5.74) is 0. The molecule has 6 heteroatoms. The lowest BCUT2D eigenvalue weighted by Gasteiger charge is -2.37. The zero-order chi connectivity index (χ0) is 9.30. The molecule has 5 atom stereocenters. The molecule has 0 aromatic carbocycles. The molecule has 0 aliphatic carbocycles. The number of halogens is 1. The van der Waals surface area contributed by atoms with E-state index in [2.05, 4.69) is 15.9 Å². The normalized spacial score (nSPS) is 49.2. The van der Waals surface area contributed by atoms with Crippen molar-refractivity contribution in [1.29, 1.82) is 0 Å². The zero-order valence-electron chi connectivity index (χ0n) is 6.17. The first-order chi connectivity index (χ1) is 5.57. The molecule has 1 aliphatic heterocycles. The summed E-state index contributed by atoms with van der Waals surface area (Å²) in [5, 5.41) is 36.3. The molecule has 0 aromatic rings. The third kappa shape index (κ3) is 1.78. The number of aliphatic hydroxyl groups excluding tert-OH is 4. The third-order valence-electron chi connectivity index (χ3n) is 1.82. The van der Waals surface area contributed by atoms with Crippen LogP contribution in [0.2, 0.25) is 0 Å². The maximum Gasteiger partial charge on any atom is 0.170 e. The van der Waals surface area contributed by atoms with Gasteiger partial charge >= 0.3 is 0 Å². The predicted octanol–water partition coefficient (Wildman–Crippen LogP) is -1.82. The molecule has 0 bridgehead atoms. The lowest BCUT2D eigenvalue weighted by Crippen LogP contribution is -2.56. The monoisotopic (exact) mass is 242 g/mol. The van der Waals surface area contributed by atoms with Gasteiger partial charge < -0.3 is 25.2 Å². The van der Waals surface area contributed by atoms with Crippen molar-refractivity contribution >= 4 is 15.9 Å². The first-order valence-electron chi connectivity index (χ1n) is 3.52. The Morgan fingerprint density at radius 2 is 1.75 bits per heavy atom. The van der Waals surface area contributed by atoms with Crippen LogP contribution in [0.5, 0.6) is 0 Å². The van der Waals surface area contributed by atoms with Crippen LogP contribution in [0.1, 0.15) is 0 Å². The van der Waals surface area contributed by atoms with Gasteiger partial charge in [-0.15, -0.1) is 0 Å². The summed E-state index contributed by atoms with van der Waals surface area (Å²) in [6.45, 7) is -0.436. The summed E-state index contributed by atoms with van der Waals surface area (Å²) in [5.74, 6) is 0. The van der Waals surface area contributed by atoms with E-state index in [0.29, 0.717) is 0 Å². The van der Waals surface area contributed by atoms with Crippen molar-refractivity contribution in [2.45, 2.75) is 29.4 Å². The van der Waals surface area contributed by atoms with Crippen LogP contribution in [-0.4, -0.2) is 56.5 Å². The average Bonchev–Trinajstić information content (AvgIpc) is 2.08. The van der Waals surface area contributed by atoms with Crippen molar-refractivity contribution in [3.05, 3.63) is 0 Å². The van der Waals surface area contributed by atoms with Gasteiger partial charge in [0, 0.05) is 0 Å². The second kappa shape index (κ2) is 3.99. The predicted molar refractivity (Wildman–Crippen MR) is 42.7 cm³/mol. The molecule has 1 heterocycles. The molecule has 0 amide bonds. The highest BCUT2D eigenvalue weighted by atomic mass is 79.9. The van der Waals surface area contributed by atoms with E-state index < -0.39 is 36.0 Å². The molecule has 1 fully saturated rings. The molecule has 0 aromatic heterocycles. The average molecular weight is 243 g/mol. The van der Waals surface area contributed by atoms with E-state index in [4.69, 9.17) is 14.9 Å². The second-order valence-corrected chi connectivity index (χ2v) is 3.73. The molecule has 1 aliphatic rings. The Morgan fingerprint density at radius 1 is 1.17 bits per heavy atom. The van der Waals surface area contributed by atoms with Crippen molar-refractivity contribution in [3.63, 3.8) is 0 Å². The topological polar surface area (TPSA) is 90.2 Å². The van der Waals surface area contributed by atoms with Gasteiger partial charge in [-0.2, -0.15) is 0 Å². The highest BCUT2D eigenvalue weighted by Crippen LogP contribution is 2.24. The second-order valence-electron chi connectivity index (χ2n) is 2.67. The van der Waals surface area contributed by atoms with Gasteiger partial charge in [-0.1, -0.05) is 15.9 Å². The van der Waals surface area contributed by atoms with Gasteiger partial charge in [0.1, 0.15) is 12.2 Å². The van der Waals surface area contributed by atoms with E-state index in [9.17, 15) is 10.2 Å². The van der Waals surface area contributed by atoms with Gasteiger partial charge in [0.15, 0.2) is 6.29 Å². The van der Waals surface area contributed by atoms with Crippen LogP contribution in [0.4, 0.5) is 0 Å². The van der Waals surface area contributed by atoms with E-state index in [0.717, 1.165) is 0 Å². The Labute approximate surface area is 77.7 Å². The minimum atomic E-state index is -1.21. The standard InChI is InChI=1S/C6H11BrO5/c7-3-5(10)4(9)2(1-8)12-6(3)11/h2-6,8-11H,1H2/t2?,3-,4+,5?,6+/m0/s1. The number of ether oxygens (including phenoxy) is 1. The lowest BCUT2D eigenvalue weighted by atomic mass is 10.0. The molecular weight excluding hydrogens is 232 g/mol. The molecule has 1 rings (SSSR count). The van der Waals surface area contributed by atoms with Crippen LogP contribution >= 0.6 is 15.9 Å². The van der Waals surface area contributed by atoms with Crippen molar-refractivity contribution in [2.75, 3.05) is 6.61 Å². The Bertz CT molecular complexity index is 150. The van der Waals surface area contributed by atoms with E-state index >= 15 is 0 Å². The van der Waals surface area contributed by atoms with Gasteiger partial charge in [0.05, 0.1) is 17.5 Å². The summed E-state index contributed by atoms with van der Waals surface area (Å²) < 4.78 is 4.78. The molecule has 5 nitrogen and oxygen atoms in total.